The smallest absolute Gasteiger partial charge is 0.182 e. The molecule has 4 heteroatoms. The van der Waals surface area contributed by atoms with Crippen LogP contribution in [0.15, 0.2) is 6.20 Å². The molecule has 1 aromatic heterocycles. The summed E-state index contributed by atoms with van der Waals surface area (Å²) in [6, 6.07) is 0. The van der Waals surface area contributed by atoms with Crippen LogP contribution in [-0.2, 0) is 5.41 Å². The fourth-order valence-electron chi connectivity index (χ4n) is 2.03. The van der Waals surface area contributed by atoms with Crippen LogP contribution in [0.2, 0.25) is 0 Å². The van der Waals surface area contributed by atoms with E-state index in [0.717, 1.165) is 18.2 Å². The first-order valence-electron chi connectivity index (χ1n) is 6.48. The SMILES string of the molecule is CC(C)(C)c1cnc(NCCN2CCCC2)s1. The molecule has 0 saturated carbocycles. The van der Waals surface area contributed by atoms with E-state index in [1.807, 2.05) is 6.20 Å². The number of rotatable bonds is 4. The Balaban J connectivity index is 1.77. The quantitative estimate of drug-likeness (QED) is 0.894. The third-order valence-electron chi connectivity index (χ3n) is 3.15. The van der Waals surface area contributed by atoms with Crippen molar-refractivity contribution in [2.75, 3.05) is 31.5 Å². The molecule has 1 fully saturated rings. The highest BCUT2D eigenvalue weighted by Crippen LogP contribution is 2.29. The van der Waals surface area contributed by atoms with Crippen molar-refractivity contribution in [3.05, 3.63) is 11.1 Å². The van der Waals surface area contributed by atoms with Crippen LogP contribution in [0.25, 0.3) is 0 Å². The van der Waals surface area contributed by atoms with Gasteiger partial charge in [-0.25, -0.2) is 4.98 Å². The largest absolute Gasteiger partial charge is 0.360 e. The zero-order valence-electron chi connectivity index (χ0n) is 11.1. The van der Waals surface area contributed by atoms with Crippen molar-refractivity contribution in [2.24, 2.45) is 0 Å². The molecule has 0 radical (unpaired) electrons. The Bertz CT molecular complexity index is 348. The maximum absolute atomic E-state index is 4.44. The molecule has 1 aliphatic rings. The van der Waals surface area contributed by atoms with Gasteiger partial charge < -0.3 is 10.2 Å². The molecule has 1 aromatic rings. The third-order valence-corrected chi connectivity index (χ3v) is 4.53. The van der Waals surface area contributed by atoms with Crippen molar-refractivity contribution in [2.45, 2.75) is 39.0 Å². The van der Waals surface area contributed by atoms with Gasteiger partial charge in [0.2, 0.25) is 0 Å². The summed E-state index contributed by atoms with van der Waals surface area (Å²) in [5.41, 5.74) is 0.215. The summed E-state index contributed by atoms with van der Waals surface area (Å²) in [5, 5.41) is 4.49. The fraction of sp³-hybridized carbons (Fsp3) is 0.769. The summed E-state index contributed by atoms with van der Waals surface area (Å²) in [4.78, 5) is 8.30. The lowest BCUT2D eigenvalue weighted by atomic mass is 9.96. The number of hydrogen-bond acceptors (Lipinski definition) is 4. The van der Waals surface area contributed by atoms with E-state index < -0.39 is 0 Å². The number of nitrogens with one attached hydrogen (secondary N) is 1. The topological polar surface area (TPSA) is 28.2 Å². The van der Waals surface area contributed by atoms with Crippen molar-refractivity contribution >= 4 is 16.5 Å². The molecular formula is C13H23N3S. The molecule has 96 valence electrons. The lowest BCUT2D eigenvalue weighted by Gasteiger charge is -2.15. The Morgan fingerprint density at radius 3 is 2.65 bits per heavy atom. The Morgan fingerprint density at radius 2 is 2.06 bits per heavy atom. The number of anilines is 1. The van der Waals surface area contributed by atoms with Gasteiger partial charge in [-0.3, -0.25) is 0 Å². The van der Waals surface area contributed by atoms with Crippen LogP contribution in [0.4, 0.5) is 5.13 Å². The predicted molar refractivity (Wildman–Crippen MR) is 75.0 cm³/mol. The van der Waals surface area contributed by atoms with Crippen LogP contribution in [0.1, 0.15) is 38.5 Å². The number of aromatic nitrogens is 1. The molecule has 0 amide bonds. The van der Waals surface area contributed by atoms with Gasteiger partial charge in [0.1, 0.15) is 0 Å². The Hall–Kier alpha value is -0.610. The van der Waals surface area contributed by atoms with Crippen molar-refractivity contribution < 1.29 is 0 Å². The lowest BCUT2D eigenvalue weighted by Crippen LogP contribution is -2.25. The number of hydrogen-bond donors (Lipinski definition) is 1. The highest BCUT2D eigenvalue weighted by atomic mass is 32.1. The summed E-state index contributed by atoms with van der Waals surface area (Å²) in [6.07, 6.45) is 4.74. The average Bonchev–Trinajstić information content (AvgIpc) is 2.86. The monoisotopic (exact) mass is 253 g/mol. The normalized spacial score (nSPS) is 17.6. The van der Waals surface area contributed by atoms with Gasteiger partial charge in [0.05, 0.1) is 0 Å². The van der Waals surface area contributed by atoms with Crippen LogP contribution in [0, 0.1) is 0 Å². The first kappa shape index (κ1) is 12.8. The van der Waals surface area contributed by atoms with Gasteiger partial charge in [-0.2, -0.15) is 0 Å². The Labute approximate surface area is 108 Å². The second kappa shape index (κ2) is 5.36. The molecule has 2 heterocycles. The minimum Gasteiger partial charge on any atom is -0.360 e. The molecule has 1 aliphatic heterocycles. The molecule has 0 aromatic carbocycles. The third kappa shape index (κ3) is 3.68. The van der Waals surface area contributed by atoms with Crippen LogP contribution >= 0.6 is 11.3 Å². The number of nitrogens with zero attached hydrogens (tertiary/aromatic N) is 2. The van der Waals surface area contributed by atoms with Gasteiger partial charge in [0, 0.05) is 24.2 Å². The van der Waals surface area contributed by atoms with Crippen LogP contribution in [0.3, 0.4) is 0 Å². The van der Waals surface area contributed by atoms with E-state index in [4.69, 9.17) is 0 Å². The van der Waals surface area contributed by atoms with E-state index in [0.29, 0.717) is 0 Å². The molecule has 1 saturated heterocycles. The maximum Gasteiger partial charge on any atom is 0.182 e. The summed E-state index contributed by atoms with van der Waals surface area (Å²) in [6.45, 7) is 11.4. The summed E-state index contributed by atoms with van der Waals surface area (Å²) in [7, 11) is 0. The highest BCUT2D eigenvalue weighted by molar-refractivity contribution is 7.15. The minimum absolute atomic E-state index is 0.215. The molecule has 0 bridgehead atoms. The standard InChI is InChI=1S/C13H23N3S/c1-13(2,3)11-10-15-12(17-11)14-6-9-16-7-4-5-8-16/h10H,4-9H2,1-3H3,(H,14,15). The maximum atomic E-state index is 4.44. The molecule has 0 unspecified atom stereocenters. The van der Waals surface area contributed by atoms with Gasteiger partial charge in [-0.15, -0.1) is 11.3 Å². The molecule has 0 atom stereocenters. The van der Waals surface area contributed by atoms with Crippen LogP contribution < -0.4 is 5.32 Å². The van der Waals surface area contributed by atoms with E-state index in [-0.39, 0.29) is 5.41 Å². The van der Waals surface area contributed by atoms with E-state index >= 15 is 0 Å². The Morgan fingerprint density at radius 1 is 1.35 bits per heavy atom. The summed E-state index contributed by atoms with van der Waals surface area (Å²) in [5.74, 6) is 0. The number of thiazole rings is 1. The zero-order valence-corrected chi connectivity index (χ0v) is 11.9. The van der Waals surface area contributed by atoms with Crippen LogP contribution in [-0.4, -0.2) is 36.1 Å². The zero-order chi connectivity index (χ0) is 12.3. The van der Waals surface area contributed by atoms with E-state index in [1.54, 1.807) is 11.3 Å². The van der Waals surface area contributed by atoms with E-state index in [2.05, 4.69) is 36.0 Å². The predicted octanol–water partition coefficient (Wildman–Crippen LogP) is 2.95. The van der Waals surface area contributed by atoms with Crippen molar-refractivity contribution in [3.8, 4) is 0 Å². The molecule has 0 aliphatic carbocycles. The molecule has 17 heavy (non-hydrogen) atoms. The summed E-state index contributed by atoms with van der Waals surface area (Å²) < 4.78 is 0. The fourth-order valence-corrected chi connectivity index (χ4v) is 2.93. The van der Waals surface area contributed by atoms with Gasteiger partial charge in [-0.05, 0) is 31.3 Å². The van der Waals surface area contributed by atoms with Gasteiger partial charge in [0.25, 0.3) is 0 Å². The van der Waals surface area contributed by atoms with E-state index in [9.17, 15) is 0 Å². The average molecular weight is 253 g/mol. The Kier molecular flexibility index (Phi) is 4.05. The van der Waals surface area contributed by atoms with Gasteiger partial charge >= 0.3 is 0 Å². The molecule has 1 N–H and O–H groups in total. The van der Waals surface area contributed by atoms with Crippen molar-refractivity contribution in [1.29, 1.82) is 0 Å². The first-order valence-corrected chi connectivity index (χ1v) is 7.30. The summed E-state index contributed by atoms with van der Waals surface area (Å²) >= 11 is 1.78. The molecular weight excluding hydrogens is 230 g/mol. The highest BCUT2D eigenvalue weighted by Gasteiger charge is 2.17. The van der Waals surface area contributed by atoms with E-state index in [1.165, 1.54) is 30.8 Å². The molecule has 2 rings (SSSR count). The van der Waals surface area contributed by atoms with Crippen molar-refractivity contribution in [3.63, 3.8) is 0 Å². The lowest BCUT2D eigenvalue weighted by molar-refractivity contribution is 0.352. The van der Waals surface area contributed by atoms with Crippen molar-refractivity contribution in [1.82, 2.24) is 9.88 Å². The number of likely N-dealkylation sites (tertiary alicyclic amines) is 1. The molecule has 0 spiro atoms. The molecule has 3 nitrogen and oxygen atoms in total. The second-order valence-electron chi connectivity index (χ2n) is 5.76. The minimum atomic E-state index is 0.215. The van der Waals surface area contributed by atoms with Gasteiger partial charge in [0.15, 0.2) is 5.13 Å². The second-order valence-corrected chi connectivity index (χ2v) is 6.79. The first-order chi connectivity index (χ1) is 8.05. The van der Waals surface area contributed by atoms with Gasteiger partial charge in [-0.1, -0.05) is 20.8 Å². The van der Waals surface area contributed by atoms with Crippen LogP contribution in [0.5, 0.6) is 0 Å².